The van der Waals surface area contributed by atoms with Gasteiger partial charge in [0.1, 0.15) is 0 Å². The van der Waals surface area contributed by atoms with Crippen LogP contribution in [0.1, 0.15) is 23.2 Å². The van der Waals surface area contributed by atoms with Gasteiger partial charge in [0, 0.05) is 17.4 Å². The van der Waals surface area contributed by atoms with Gasteiger partial charge in [0.2, 0.25) is 0 Å². The predicted octanol–water partition coefficient (Wildman–Crippen LogP) is 3.12. The lowest BCUT2D eigenvalue weighted by Crippen LogP contribution is -2.06. The fourth-order valence-corrected chi connectivity index (χ4v) is 2.06. The van der Waals surface area contributed by atoms with Crippen molar-refractivity contribution in [3.8, 4) is 5.75 Å². The third-order valence-electron chi connectivity index (χ3n) is 3.24. The molecular weight excluding hydrogens is 275 g/mol. The van der Waals surface area contributed by atoms with Crippen molar-refractivity contribution in [3.05, 3.63) is 41.7 Å². The van der Waals surface area contributed by atoms with Crippen LogP contribution in [-0.2, 0) is 9.53 Å². The molecule has 0 spiro atoms. The van der Waals surface area contributed by atoms with Gasteiger partial charge in [0.15, 0.2) is 17.3 Å². The van der Waals surface area contributed by atoms with Gasteiger partial charge in [-0.3, -0.25) is 9.59 Å². The van der Waals surface area contributed by atoms with Crippen molar-refractivity contribution in [2.45, 2.75) is 12.8 Å². The van der Waals surface area contributed by atoms with Crippen LogP contribution >= 0.6 is 0 Å². The molecule has 110 valence electrons. The molecule has 0 aromatic heterocycles. The maximum atomic E-state index is 14.0. The smallest absolute Gasteiger partial charge is 0.305 e. The quantitative estimate of drug-likeness (QED) is 0.627. The molecule has 2 rings (SSSR count). The highest BCUT2D eigenvalue weighted by Gasteiger charge is 2.12. The highest BCUT2D eigenvalue weighted by atomic mass is 19.1. The van der Waals surface area contributed by atoms with Crippen molar-refractivity contribution in [1.82, 2.24) is 0 Å². The first-order valence-corrected chi connectivity index (χ1v) is 6.43. The van der Waals surface area contributed by atoms with E-state index in [1.807, 2.05) is 0 Å². The van der Waals surface area contributed by atoms with Crippen LogP contribution in [0.5, 0.6) is 5.75 Å². The molecule has 0 radical (unpaired) electrons. The van der Waals surface area contributed by atoms with Crippen molar-refractivity contribution >= 4 is 22.5 Å². The zero-order valence-corrected chi connectivity index (χ0v) is 11.8. The summed E-state index contributed by atoms with van der Waals surface area (Å²) in [5, 5.41) is 0.996. The number of hydrogen-bond acceptors (Lipinski definition) is 4. The average Bonchev–Trinajstić information content (AvgIpc) is 2.52. The summed E-state index contributed by atoms with van der Waals surface area (Å²) in [5.74, 6) is -0.908. The van der Waals surface area contributed by atoms with E-state index < -0.39 is 11.8 Å². The Bertz CT molecular complexity index is 694. The van der Waals surface area contributed by atoms with Gasteiger partial charge >= 0.3 is 5.97 Å². The van der Waals surface area contributed by atoms with E-state index in [9.17, 15) is 14.0 Å². The number of carbonyl (C=O) groups is 2. The summed E-state index contributed by atoms with van der Waals surface area (Å²) in [5.41, 5.74) is 0.441. The second-order valence-electron chi connectivity index (χ2n) is 4.52. The van der Waals surface area contributed by atoms with E-state index in [0.29, 0.717) is 16.3 Å². The number of Topliss-reactive ketones (excluding diaryl/α,β-unsaturated/α-hetero) is 1. The van der Waals surface area contributed by atoms with E-state index in [2.05, 4.69) is 4.74 Å². The second kappa shape index (κ2) is 6.35. The maximum absolute atomic E-state index is 14.0. The molecule has 0 atom stereocenters. The van der Waals surface area contributed by atoms with Crippen LogP contribution in [0, 0.1) is 5.82 Å². The summed E-state index contributed by atoms with van der Waals surface area (Å²) in [6, 6.07) is 7.90. The number of carbonyl (C=O) groups excluding carboxylic acids is 2. The molecule has 0 bridgehead atoms. The first-order chi connectivity index (χ1) is 10.1. The van der Waals surface area contributed by atoms with Crippen LogP contribution in [0.15, 0.2) is 30.3 Å². The van der Waals surface area contributed by atoms with Gasteiger partial charge in [-0.1, -0.05) is 18.2 Å². The Labute approximate surface area is 121 Å². The number of benzene rings is 2. The van der Waals surface area contributed by atoms with Crippen molar-refractivity contribution in [3.63, 3.8) is 0 Å². The molecule has 0 aliphatic rings. The number of hydrogen-bond donors (Lipinski definition) is 0. The SMILES string of the molecule is COC(=O)CCC(=O)c1ccc2c(F)c(OC)ccc2c1. The lowest BCUT2D eigenvalue weighted by Gasteiger charge is -2.07. The second-order valence-corrected chi connectivity index (χ2v) is 4.52. The lowest BCUT2D eigenvalue weighted by molar-refractivity contribution is -0.140. The highest BCUT2D eigenvalue weighted by Crippen LogP contribution is 2.27. The Hall–Kier alpha value is -2.43. The molecule has 0 heterocycles. The number of ether oxygens (including phenoxy) is 2. The summed E-state index contributed by atoms with van der Waals surface area (Å²) in [4.78, 5) is 23.0. The molecule has 0 saturated carbocycles. The monoisotopic (exact) mass is 290 g/mol. The molecular formula is C16H15FO4. The van der Waals surface area contributed by atoms with E-state index >= 15 is 0 Å². The van der Waals surface area contributed by atoms with Gasteiger partial charge in [-0.05, 0) is 17.5 Å². The minimum atomic E-state index is -0.455. The van der Waals surface area contributed by atoms with Gasteiger partial charge in [0.05, 0.1) is 20.6 Å². The molecule has 0 N–H and O–H groups in total. The topological polar surface area (TPSA) is 52.6 Å². The molecule has 0 saturated heterocycles. The van der Waals surface area contributed by atoms with Crippen LogP contribution in [0.2, 0.25) is 0 Å². The molecule has 0 aliphatic heterocycles. The van der Waals surface area contributed by atoms with Crippen molar-refractivity contribution in [2.75, 3.05) is 14.2 Å². The largest absolute Gasteiger partial charge is 0.494 e. The number of fused-ring (bicyclic) bond motifs is 1. The van der Waals surface area contributed by atoms with Gasteiger partial charge in [-0.2, -0.15) is 0 Å². The molecule has 4 nitrogen and oxygen atoms in total. The molecule has 2 aromatic carbocycles. The first-order valence-electron chi connectivity index (χ1n) is 6.43. The number of ketones is 1. The predicted molar refractivity (Wildman–Crippen MR) is 76.0 cm³/mol. The fraction of sp³-hybridized carbons (Fsp3) is 0.250. The minimum Gasteiger partial charge on any atom is -0.494 e. The standard InChI is InChI=1S/C16H15FO4/c1-20-14-7-4-10-9-11(3-5-12(10)16(14)17)13(18)6-8-15(19)21-2/h3-5,7,9H,6,8H2,1-2H3. The number of rotatable bonds is 5. The Morgan fingerprint density at radius 1 is 1.10 bits per heavy atom. The lowest BCUT2D eigenvalue weighted by atomic mass is 10.0. The average molecular weight is 290 g/mol. The van der Waals surface area contributed by atoms with Crippen LogP contribution in [-0.4, -0.2) is 26.0 Å². The van der Waals surface area contributed by atoms with Crippen LogP contribution in [0.3, 0.4) is 0 Å². The van der Waals surface area contributed by atoms with Gasteiger partial charge < -0.3 is 9.47 Å². The van der Waals surface area contributed by atoms with E-state index in [1.54, 1.807) is 24.3 Å². The van der Waals surface area contributed by atoms with Crippen molar-refractivity contribution in [1.29, 1.82) is 0 Å². The third kappa shape index (κ3) is 3.18. The normalized spacial score (nSPS) is 10.4. The van der Waals surface area contributed by atoms with Gasteiger partial charge in [-0.25, -0.2) is 4.39 Å². The summed E-state index contributed by atoms with van der Waals surface area (Å²) in [7, 11) is 2.67. The van der Waals surface area contributed by atoms with Gasteiger partial charge in [0.25, 0.3) is 0 Å². The summed E-state index contributed by atoms with van der Waals surface area (Å²) in [6.45, 7) is 0. The van der Waals surface area contributed by atoms with E-state index in [1.165, 1.54) is 20.3 Å². The third-order valence-corrected chi connectivity index (χ3v) is 3.24. The maximum Gasteiger partial charge on any atom is 0.305 e. The number of halogens is 1. The van der Waals surface area contributed by atoms with Crippen molar-refractivity contribution in [2.24, 2.45) is 0 Å². The molecule has 21 heavy (non-hydrogen) atoms. The molecule has 0 amide bonds. The van der Waals surface area contributed by atoms with Crippen LogP contribution in [0.25, 0.3) is 10.8 Å². The Balaban J connectivity index is 2.27. The Morgan fingerprint density at radius 3 is 2.52 bits per heavy atom. The molecule has 5 heteroatoms. The molecule has 0 aliphatic carbocycles. The van der Waals surface area contributed by atoms with E-state index in [4.69, 9.17) is 4.74 Å². The molecule has 0 fully saturated rings. The van der Waals surface area contributed by atoms with Crippen LogP contribution < -0.4 is 4.74 Å². The Morgan fingerprint density at radius 2 is 1.86 bits per heavy atom. The number of methoxy groups -OCH3 is 2. The first kappa shape index (κ1) is 15.0. The summed E-state index contributed by atoms with van der Waals surface area (Å²) >= 11 is 0. The van der Waals surface area contributed by atoms with Crippen LogP contribution in [0.4, 0.5) is 4.39 Å². The fourth-order valence-electron chi connectivity index (χ4n) is 2.06. The summed E-state index contributed by atoms with van der Waals surface area (Å²) in [6.07, 6.45) is 0.0984. The molecule has 2 aromatic rings. The van der Waals surface area contributed by atoms with E-state index in [0.717, 1.165) is 0 Å². The Kier molecular flexibility index (Phi) is 4.52. The van der Waals surface area contributed by atoms with Gasteiger partial charge in [-0.15, -0.1) is 0 Å². The van der Waals surface area contributed by atoms with E-state index in [-0.39, 0.29) is 24.4 Å². The molecule has 0 unspecified atom stereocenters. The zero-order valence-electron chi connectivity index (χ0n) is 11.8. The van der Waals surface area contributed by atoms with Crippen molar-refractivity contribution < 1.29 is 23.5 Å². The minimum absolute atomic E-state index is 0.0321. The highest BCUT2D eigenvalue weighted by molar-refractivity contribution is 6.01. The number of esters is 1. The zero-order chi connectivity index (χ0) is 15.4. The summed E-state index contributed by atoms with van der Waals surface area (Å²) < 4.78 is 23.4.